The van der Waals surface area contributed by atoms with Gasteiger partial charge in [0.05, 0.1) is 11.3 Å². The molecule has 2 saturated heterocycles. The average molecular weight is 496 g/mol. The summed E-state index contributed by atoms with van der Waals surface area (Å²) in [7, 11) is 1.55. The second-order valence-electron chi connectivity index (χ2n) is 10.9. The van der Waals surface area contributed by atoms with Crippen LogP contribution in [0.2, 0.25) is 0 Å². The molecule has 3 N–H and O–H groups in total. The van der Waals surface area contributed by atoms with E-state index in [1.54, 1.807) is 13.1 Å². The van der Waals surface area contributed by atoms with Crippen LogP contribution in [0, 0.1) is 17.6 Å². The highest BCUT2D eigenvalue weighted by atomic mass is 19.2. The molecule has 4 heterocycles. The third-order valence-electron chi connectivity index (χ3n) is 7.63. The van der Waals surface area contributed by atoms with E-state index in [4.69, 9.17) is 0 Å². The van der Waals surface area contributed by atoms with E-state index in [0.29, 0.717) is 11.7 Å². The van der Waals surface area contributed by atoms with Crippen molar-refractivity contribution < 1.29 is 13.9 Å². The van der Waals surface area contributed by atoms with Crippen molar-refractivity contribution in [1.82, 2.24) is 20.1 Å². The third kappa shape index (κ3) is 4.59. The van der Waals surface area contributed by atoms with Gasteiger partial charge in [-0.05, 0) is 81.7 Å². The van der Waals surface area contributed by atoms with Gasteiger partial charge in [0.15, 0.2) is 11.6 Å². The minimum Gasteiger partial charge on any atom is -0.507 e. The number of halogens is 2. The first kappa shape index (κ1) is 24.4. The van der Waals surface area contributed by atoms with Crippen LogP contribution >= 0.6 is 0 Å². The number of nitrogens with one attached hydrogen (secondary N) is 2. The minimum atomic E-state index is -1.25. The van der Waals surface area contributed by atoms with Gasteiger partial charge in [-0.15, -0.1) is 10.2 Å². The zero-order chi connectivity index (χ0) is 25.7. The summed E-state index contributed by atoms with van der Waals surface area (Å²) in [5, 5.41) is 25.9. The maximum Gasteiger partial charge on any atom is 0.250 e. The summed E-state index contributed by atoms with van der Waals surface area (Å²) < 4.78 is 31.3. The van der Waals surface area contributed by atoms with Crippen molar-refractivity contribution in [2.45, 2.75) is 57.0 Å². The Morgan fingerprint density at radius 1 is 1.11 bits per heavy atom. The zero-order valence-corrected chi connectivity index (χ0v) is 20.7. The maximum absolute atomic E-state index is 15.0. The quantitative estimate of drug-likeness (QED) is 0.479. The van der Waals surface area contributed by atoms with Crippen molar-refractivity contribution in [3.05, 3.63) is 58.5 Å². The summed E-state index contributed by atoms with van der Waals surface area (Å²) in [5.41, 5.74) is -0.442. The number of aromatic hydroxyl groups is 1. The predicted octanol–water partition coefficient (Wildman–Crippen LogP) is 4.61. The van der Waals surface area contributed by atoms with E-state index in [-0.39, 0.29) is 39.0 Å². The Balaban J connectivity index is 1.33. The number of hydrogen-bond donors (Lipinski definition) is 3. The molecule has 2 unspecified atom stereocenters. The molecule has 2 bridgehead atoms. The third-order valence-corrected chi connectivity index (χ3v) is 7.63. The Hall–Kier alpha value is -3.33. The molecule has 3 aromatic rings. The molecule has 2 aromatic heterocycles. The Morgan fingerprint density at radius 2 is 1.83 bits per heavy atom. The number of nitrogens with zero attached hydrogens (tertiary/aromatic N) is 3. The van der Waals surface area contributed by atoms with Gasteiger partial charge in [-0.3, -0.25) is 4.79 Å². The number of phenolic OH excluding ortho intramolecular Hbond substituents is 1. The monoisotopic (exact) mass is 495 g/mol. The highest BCUT2D eigenvalue weighted by Crippen LogP contribution is 2.42. The summed E-state index contributed by atoms with van der Waals surface area (Å²) in [4.78, 5) is 11.9. The Labute approximate surface area is 208 Å². The lowest BCUT2D eigenvalue weighted by molar-refractivity contribution is 0.0589. The second kappa shape index (κ2) is 8.96. The number of anilines is 1. The van der Waals surface area contributed by atoms with Gasteiger partial charge in [0.2, 0.25) is 0 Å². The van der Waals surface area contributed by atoms with Crippen molar-refractivity contribution in [1.29, 1.82) is 0 Å². The fourth-order valence-corrected chi connectivity index (χ4v) is 6.11. The van der Waals surface area contributed by atoms with Crippen LogP contribution in [0.3, 0.4) is 0 Å². The van der Waals surface area contributed by atoms with E-state index >= 15 is 4.39 Å². The molecular formula is C27H31F2N5O2. The molecule has 9 heteroatoms. The molecule has 5 rings (SSSR count). The van der Waals surface area contributed by atoms with E-state index in [0.717, 1.165) is 25.5 Å². The van der Waals surface area contributed by atoms with Crippen LogP contribution in [0.25, 0.3) is 22.4 Å². The smallest absolute Gasteiger partial charge is 0.250 e. The van der Waals surface area contributed by atoms with Crippen LogP contribution in [0.15, 0.2) is 41.3 Å². The molecule has 36 heavy (non-hydrogen) atoms. The summed E-state index contributed by atoms with van der Waals surface area (Å²) in [6.07, 6.45) is 7.23. The van der Waals surface area contributed by atoms with Gasteiger partial charge in [0.1, 0.15) is 11.6 Å². The number of aryl methyl sites for hydroxylation is 1. The Morgan fingerprint density at radius 3 is 2.47 bits per heavy atom. The normalized spacial score (nSPS) is 25.5. The first-order valence-corrected chi connectivity index (χ1v) is 12.3. The predicted molar refractivity (Wildman–Crippen MR) is 135 cm³/mol. The second-order valence-corrected chi connectivity index (χ2v) is 10.9. The number of fused-ring (bicyclic) bond motifs is 2. The van der Waals surface area contributed by atoms with E-state index in [1.165, 1.54) is 48.2 Å². The van der Waals surface area contributed by atoms with Gasteiger partial charge in [0.25, 0.3) is 5.56 Å². The van der Waals surface area contributed by atoms with Gasteiger partial charge in [-0.1, -0.05) is 0 Å². The van der Waals surface area contributed by atoms with Gasteiger partial charge in [0, 0.05) is 42.5 Å². The number of piperidine rings is 2. The van der Waals surface area contributed by atoms with Crippen molar-refractivity contribution >= 4 is 5.82 Å². The number of hydrogen-bond acceptors (Lipinski definition) is 6. The van der Waals surface area contributed by atoms with Crippen LogP contribution in [0.4, 0.5) is 14.6 Å². The fourth-order valence-electron chi connectivity index (χ4n) is 6.11. The van der Waals surface area contributed by atoms with Crippen LogP contribution in [-0.4, -0.2) is 37.5 Å². The summed E-state index contributed by atoms with van der Waals surface area (Å²) in [6, 6.07) is 6.93. The first-order chi connectivity index (χ1) is 17.1. The number of rotatable bonds is 5. The lowest BCUT2D eigenvalue weighted by Crippen LogP contribution is -2.63. The molecule has 0 spiro atoms. The van der Waals surface area contributed by atoms with Crippen LogP contribution < -0.4 is 16.2 Å². The molecule has 190 valence electrons. The minimum absolute atomic E-state index is 0.0152. The molecule has 0 amide bonds. The zero-order valence-electron chi connectivity index (χ0n) is 20.7. The van der Waals surface area contributed by atoms with E-state index in [1.807, 2.05) is 0 Å². The van der Waals surface area contributed by atoms with Crippen LogP contribution in [-0.2, 0) is 7.05 Å². The van der Waals surface area contributed by atoms with E-state index < -0.39 is 17.4 Å². The van der Waals surface area contributed by atoms with Crippen molar-refractivity contribution in [3.8, 4) is 28.1 Å². The number of phenols is 1. The topological polar surface area (TPSA) is 92.1 Å². The van der Waals surface area contributed by atoms with Gasteiger partial charge < -0.3 is 20.3 Å². The number of aromatic nitrogens is 3. The van der Waals surface area contributed by atoms with Crippen molar-refractivity contribution in [2.75, 3.05) is 11.9 Å². The van der Waals surface area contributed by atoms with Crippen molar-refractivity contribution in [3.63, 3.8) is 0 Å². The SMILES string of the molecule is Cn1ccc(-c2cc(O)c(-c3ccc(NCC4CC5(C)CCCC(C)(C4)N5)nn3)c(F)c2F)cc1=O. The molecule has 2 fully saturated rings. The number of benzene rings is 1. The largest absolute Gasteiger partial charge is 0.507 e. The molecule has 0 saturated carbocycles. The fraction of sp³-hybridized carbons (Fsp3) is 0.444. The molecular weight excluding hydrogens is 464 g/mol. The van der Waals surface area contributed by atoms with E-state index in [2.05, 4.69) is 34.7 Å². The summed E-state index contributed by atoms with van der Waals surface area (Å²) in [6.45, 7) is 5.35. The lowest BCUT2D eigenvalue weighted by Gasteiger charge is -2.53. The molecule has 2 aliphatic rings. The Bertz CT molecular complexity index is 1340. The molecule has 2 aliphatic heterocycles. The average Bonchev–Trinajstić information content (AvgIpc) is 2.81. The van der Waals surface area contributed by atoms with Crippen molar-refractivity contribution in [2.24, 2.45) is 13.0 Å². The van der Waals surface area contributed by atoms with E-state index in [9.17, 15) is 14.3 Å². The summed E-state index contributed by atoms with van der Waals surface area (Å²) >= 11 is 0. The number of pyridine rings is 1. The summed E-state index contributed by atoms with van der Waals surface area (Å²) in [5.74, 6) is -1.87. The molecule has 7 nitrogen and oxygen atoms in total. The highest BCUT2D eigenvalue weighted by molar-refractivity contribution is 5.75. The maximum atomic E-state index is 15.0. The van der Waals surface area contributed by atoms with Gasteiger partial charge >= 0.3 is 0 Å². The standard InChI is InChI=1S/C27H31F2N5O2/c1-26-8-4-9-27(2,33-26)14-16(13-26)15-30-21-6-5-19(31-32-21)23-20(35)12-18(24(28)25(23)29)17-7-10-34(3)22(36)11-17/h5-7,10-12,16,33,35H,4,8-9,13-15H2,1-3H3,(H,30,32). The van der Waals surface area contributed by atoms with Gasteiger partial charge in [-0.2, -0.15) is 0 Å². The molecule has 0 aliphatic carbocycles. The van der Waals surface area contributed by atoms with Crippen LogP contribution in [0.5, 0.6) is 5.75 Å². The van der Waals surface area contributed by atoms with Crippen LogP contribution in [0.1, 0.15) is 46.0 Å². The molecule has 1 aromatic carbocycles. The highest BCUT2D eigenvalue weighted by Gasteiger charge is 2.45. The first-order valence-electron chi connectivity index (χ1n) is 12.3. The molecule has 0 radical (unpaired) electrons. The lowest BCUT2D eigenvalue weighted by atomic mass is 9.67. The van der Waals surface area contributed by atoms with Gasteiger partial charge in [-0.25, -0.2) is 8.78 Å². The molecule has 2 atom stereocenters. The Kier molecular flexibility index (Phi) is 6.06.